The largest absolute Gasteiger partial charge is 0.278 e. The first-order valence-corrected chi connectivity index (χ1v) is 7.91. The van der Waals surface area contributed by atoms with Crippen molar-refractivity contribution in [1.29, 1.82) is 5.26 Å². The van der Waals surface area contributed by atoms with E-state index in [1.54, 1.807) is 0 Å². The van der Waals surface area contributed by atoms with E-state index in [9.17, 15) is 8.42 Å². The van der Waals surface area contributed by atoms with Crippen LogP contribution in [0.25, 0.3) is 0 Å². The van der Waals surface area contributed by atoms with Crippen LogP contribution in [0.3, 0.4) is 0 Å². The van der Waals surface area contributed by atoms with Crippen LogP contribution >= 0.6 is 27.5 Å². The fraction of sp³-hybridized carbons (Fsp3) is 0. The summed E-state index contributed by atoms with van der Waals surface area (Å²) in [5.74, 6) is 0. The second-order valence-corrected chi connectivity index (χ2v) is 6.63. The average molecular weight is 373 g/mol. The molecular formula is C12H7BrClN3O2S. The van der Waals surface area contributed by atoms with E-state index in [0.717, 1.165) is 0 Å². The zero-order valence-corrected chi connectivity index (χ0v) is 13.0. The Bertz CT molecular complexity index is 803. The zero-order valence-electron chi connectivity index (χ0n) is 9.84. The lowest BCUT2D eigenvalue weighted by molar-refractivity contribution is 0.601. The Hall–Kier alpha value is -1.62. The van der Waals surface area contributed by atoms with E-state index in [1.807, 2.05) is 6.07 Å². The van der Waals surface area contributed by atoms with Gasteiger partial charge in [-0.2, -0.15) is 5.26 Å². The molecule has 8 heteroatoms. The molecule has 0 saturated carbocycles. The van der Waals surface area contributed by atoms with E-state index < -0.39 is 10.0 Å². The fourth-order valence-electron chi connectivity index (χ4n) is 1.44. The summed E-state index contributed by atoms with van der Waals surface area (Å²) in [7, 11) is -3.89. The second kappa shape index (κ2) is 5.79. The molecule has 102 valence electrons. The van der Waals surface area contributed by atoms with Crippen LogP contribution in [-0.2, 0) is 10.0 Å². The van der Waals surface area contributed by atoms with Gasteiger partial charge in [-0.25, -0.2) is 8.42 Å². The number of halogens is 2. The van der Waals surface area contributed by atoms with Gasteiger partial charge in [-0.15, -0.1) is 0 Å². The quantitative estimate of drug-likeness (QED) is 0.897. The number of benzene rings is 1. The van der Waals surface area contributed by atoms with Crippen LogP contribution < -0.4 is 4.72 Å². The molecule has 0 amide bonds. The molecule has 2 aromatic rings. The van der Waals surface area contributed by atoms with Crippen molar-refractivity contribution in [2.45, 2.75) is 4.90 Å². The molecular weight excluding hydrogens is 366 g/mol. The first-order chi connectivity index (χ1) is 9.44. The molecule has 2 rings (SSSR count). The van der Waals surface area contributed by atoms with Crippen LogP contribution in [-0.4, -0.2) is 13.4 Å². The molecule has 0 bridgehead atoms. The molecule has 0 fully saturated rings. The van der Waals surface area contributed by atoms with Crippen molar-refractivity contribution in [2.24, 2.45) is 0 Å². The summed E-state index contributed by atoms with van der Waals surface area (Å²) >= 11 is 9.08. The van der Waals surface area contributed by atoms with Gasteiger partial charge >= 0.3 is 0 Å². The molecule has 0 spiro atoms. The Balaban J connectivity index is 2.47. The van der Waals surface area contributed by atoms with Crippen molar-refractivity contribution < 1.29 is 8.42 Å². The number of sulfonamides is 1. The highest BCUT2D eigenvalue weighted by Gasteiger charge is 2.19. The first kappa shape index (κ1) is 14.8. The van der Waals surface area contributed by atoms with E-state index in [2.05, 4.69) is 25.6 Å². The highest BCUT2D eigenvalue weighted by Crippen LogP contribution is 2.27. The standard InChI is InChI=1S/C12H7BrClN3O2S/c13-9-7-16-4-3-11(9)17-20(18,19)12-5-8(6-15)1-2-10(12)14/h1-5,7H,(H,16,17). The monoisotopic (exact) mass is 371 g/mol. The third-order valence-electron chi connectivity index (χ3n) is 2.37. The molecule has 0 aliphatic carbocycles. The van der Waals surface area contributed by atoms with Crippen molar-refractivity contribution >= 4 is 43.2 Å². The van der Waals surface area contributed by atoms with Crippen LogP contribution in [0.4, 0.5) is 5.69 Å². The van der Waals surface area contributed by atoms with Crippen LogP contribution in [0.15, 0.2) is 46.0 Å². The highest BCUT2D eigenvalue weighted by molar-refractivity contribution is 9.10. The third-order valence-corrected chi connectivity index (χ3v) is 4.85. The molecule has 0 atom stereocenters. The Kier molecular flexibility index (Phi) is 4.28. The lowest BCUT2D eigenvalue weighted by atomic mass is 10.2. The van der Waals surface area contributed by atoms with Crippen molar-refractivity contribution in [1.82, 2.24) is 4.98 Å². The van der Waals surface area contributed by atoms with Gasteiger partial charge in [0, 0.05) is 12.4 Å². The predicted octanol–water partition coefficient (Wildman–Crippen LogP) is 3.17. The number of anilines is 1. The van der Waals surface area contributed by atoms with Gasteiger partial charge < -0.3 is 0 Å². The van der Waals surface area contributed by atoms with Gasteiger partial charge in [-0.05, 0) is 40.2 Å². The molecule has 1 aromatic carbocycles. The minimum absolute atomic E-state index is 0.0432. The smallest absolute Gasteiger partial charge is 0.263 e. The van der Waals surface area contributed by atoms with E-state index in [4.69, 9.17) is 16.9 Å². The van der Waals surface area contributed by atoms with E-state index in [-0.39, 0.29) is 15.5 Å². The lowest BCUT2D eigenvalue weighted by Gasteiger charge is -2.10. The molecule has 1 heterocycles. The van der Waals surface area contributed by atoms with Gasteiger partial charge in [0.1, 0.15) is 4.90 Å². The molecule has 0 unspecified atom stereocenters. The number of pyridine rings is 1. The van der Waals surface area contributed by atoms with Crippen molar-refractivity contribution in [3.63, 3.8) is 0 Å². The van der Waals surface area contributed by atoms with Gasteiger partial charge in [-0.1, -0.05) is 11.6 Å². The summed E-state index contributed by atoms with van der Waals surface area (Å²) in [6, 6.07) is 7.42. The van der Waals surface area contributed by atoms with Crippen LogP contribution in [0.5, 0.6) is 0 Å². The molecule has 5 nitrogen and oxygen atoms in total. The summed E-state index contributed by atoms with van der Waals surface area (Å²) in [6.07, 6.45) is 2.92. The van der Waals surface area contributed by atoms with Crippen molar-refractivity contribution in [3.05, 3.63) is 51.7 Å². The Labute approximate surface area is 129 Å². The van der Waals surface area contributed by atoms with E-state index >= 15 is 0 Å². The van der Waals surface area contributed by atoms with Crippen molar-refractivity contribution in [2.75, 3.05) is 4.72 Å². The summed E-state index contributed by atoms with van der Waals surface area (Å²) in [5.41, 5.74) is 0.544. The second-order valence-electron chi connectivity index (χ2n) is 3.72. The highest BCUT2D eigenvalue weighted by atomic mass is 79.9. The minimum atomic E-state index is -3.89. The van der Waals surface area contributed by atoms with Crippen LogP contribution in [0.2, 0.25) is 5.02 Å². The minimum Gasteiger partial charge on any atom is -0.278 e. The topological polar surface area (TPSA) is 82.8 Å². The number of nitriles is 1. The Morgan fingerprint density at radius 3 is 2.75 bits per heavy atom. The molecule has 20 heavy (non-hydrogen) atoms. The maximum absolute atomic E-state index is 12.3. The SMILES string of the molecule is N#Cc1ccc(Cl)c(S(=O)(=O)Nc2ccncc2Br)c1. The van der Waals surface area contributed by atoms with E-state index in [0.29, 0.717) is 10.2 Å². The van der Waals surface area contributed by atoms with Crippen molar-refractivity contribution in [3.8, 4) is 6.07 Å². The van der Waals surface area contributed by atoms with Gasteiger partial charge in [0.15, 0.2) is 0 Å². The lowest BCUT2D eigenvalue weighted by Crippen LogP contribution is -2.14. The molecule has 1 N–H and O–H groups in total. The summed E-state index contributed by atoms with van der Waals surface area (Å²) < 4.78 is 27.5. The molecule has 0 aliphatic heterocycles. The number of nitrogens with zero attached hydrogens (tertiary/aromatic N) is 2. The normalized spacial score (nSPS) is 10.8. The Morgan fingerprint density at radius 2 is 2.10 bits per heavy atom. The average Bonchev–Trinajstić information content (AvgIpc) is 2.41. The summed E-state index contributed by atoms with van der Waals surface area (Å²) in [6.45, 7) is 0. The summed E-state index contributed by atoms with van der Waals surface area (Å²) in [4.78, 5) is 3.69. The first-order valence-electron chi connectivity index (χ1n) is 5.26. The maximum atomic E-state index is 12.3. The van der Waals surface area contributed by atoms with Crippen LogP contribution in [0.1, 0.15) is 5.56 Å². The number of aromatic nitrogens is 1. The van der Waals surface area contributed by atoms with Gasteiger partial charge in [-0.3, -0.25) is 9.71 Å². The maximum Gasteiger partial charge on any atom is 0.263 e. The molecule has 0 saturated heterocycles. The van der Waals surface area contributed by atoms with Gasteiger partial charge in [0.2, 0.25) is 0 Å². The van der Waals surface area contributed by atoms with Gasteiger partial charge in [0.05, 0.1) is 26.8 Å². The molecule has 0 aliphatic rings. The fourth-order valence-corrected chi connectivity index (χ4v) is 3.52. The number of hydrogen-bond acceptors (Lipinski definition) is 4. The Morgan fingerprint density at radius 1 is 1.35 bits per heavy atom. The zero-order chi connectivity index (χ0) is 14.8. The number of hydrogen-bond donors (Lipinski definition) is 1. The number of rotatable bonds is 3. The predicted molar refractivity (Wildman–Crippen MR) is 78.9 cm³/mol. The number of nitrogens with one attached hydrogen (secondary N) is 1. The summed E-state index contributed by atoms with van der Waals surface area (Å²) in [5, 5.41) is 8.87. The third kappa shape index (κ3) is 3.10. The van der Waals surface area contributed by atoms with Crippen LogP contribution in [0, 0.1) is 11.3 Å². The van der Waals surface area contributed by atoms with E-state index in [1.165, 1.54) is 36.7 Å². The van der Waals surface area contributed by atoms with Gasteiger partial charge in [0.25, 0.3) is 10.0 Å². The molecule has 1 aromatic heterocycles. The molecule has 0 radical (unpaired) electrons.